The third-order valence-corrected chi connectivity index (χ3v) is 5.64. The van der Waals surface area contributed by atoms with E-state index in [-0.39, 0.29) is 24.3 Å². The summed E-state index contributed by atoms with van der Waals surface area (Å²) in [6.07, 6.45) is 0.788. The van der Waals surface area contributed by atoms with Crippen LogP contribution in [0.2, 0.25) is 0 Å². The highest BCUT2D eigenvalue weighted by Gasteiger charge is 2.23. The van der Waals surface area contributed by atoms with Gasteiger partial charge in [-0.1, -0.05) is 13.0 Å². The third-order valence-electron chi connectivity index (χ3n) is 4.08. The van der Waals surface area contributed by atoms with Crippen LogP contribution in [0.25, 0.3) is 0 Å². The summed E-state index contributed by atoms with van der Waals surface area (Å²) in [5.74, 6) is 0.299. The zero-order valence-corrected chi connectivity index (χ0v) is 17.1. The van der Waals surface area contributed by atoms with Gasteiger partial charge in [-0.25, -0.2) is 0 Å². The summed E-state index contributed by atoms with van der Waals surface area (Å²) in [7, 11) is -0.839. The van der Waals surface area contributed by atoms with Crippen LogP contribution in [0.3, 0.4) is 0 Å². The predicted octanol–water partition coefficient (Wildman–Crippen LogP) is 2.59. The van der Waals surface area contributed by atoms with Crippen molar-refractivity contribution in [1.29, 1.82) is 0 Å². The zero-order chi connectivity index (χ0) is 19.9. The van der Waals surface area contributed by atoms with E-state index < -0.39 is 15.4 Å². The van der Waals surface area contributed by atoms with Crippen LogP contribution in [0, 0.1) is 0 Å². The molecule has 0 N–H and O–H groups in total. The molecule has 0 unspecified atom stereocenters. The summed E-state index contributed by atoms with van der Waals surface area (Å²) in [4.78, 5) is 14.0. The van der Waals surface area contributed by atoms with Gasteiger partial charge in [0.2, 0.25) is 5.91 Å². The maximum absolute atomic E-state index is 12.3. The van der Waals surface area contributed by atoms with Crippen LogP contribution >= 0.6 is 0 Å². The van der Waals surface area contributed by atoms with Crippen LogP contribution < -0.4 is 8.92 Å². The number of carbonyl (C=O) groups is 1. The Kier molecular flexibility index (Phi) is 8.36. The Balaban J connectivity index is 3.16. The smallest absolute Gasteiger partial charge is 0.311 e. The SMILES string of the molecule is CC[C@H](C)N(Cc1ccc(OC)c(OS(=O)(=O)C(C)C)c1)C(=O)COC. The molecule has 7 nitrogen and oxygen atoms in total. The van der Waals surface area contributed by atoms with E-state index in [1.807, 2.05) is 13.8 Å². The Morgan fingerprint density at radius 2 is 1.81 bits per heavy atom. The highest BCUT2D eigenvalue weighted by Crippen LogP contribution is 2.31. The molecule has 0 radical (unpaired) electrons. The van der Waals surface area contributed by atoms with E-state index in [1.165, 1.54) is 14.2 Å². The van der Waals surface area contributed by atoms with Crippen molar-refractivity contribution < 1.29 is 26.9 Å². The van der Waals surface area contributed by atoms with E-state index in [0.29, 0.717) is 12.3 Å². The fraction of sp³-hybridized carbons (Fsp3) is 0.611. The van der Waals surface area contributed by atoms with E-state index in [2.05, 4.69) is 0 Å². The third kappa shape index (κ3) is 5.88. The summed E-state index contributed by atoms with van der Waals surface area (Å²) in [5, 5.41) is -0.684. The van der Waals surface area contributed by atoms with Crippen molar-refractivity contribution in [3.05, 3.63) is 23.8 Å². The summed E-state index contributed by atoms with van der Waals surface area (Å²) in [5.41, 5.74) is 0.740. The van der Waals surface area contributed by atoms with Gasteiger partial charge in [-0.05, 0) is 44.9 Å². The summed E-state index contributed by atoms with van der Waals surface area (Å²) >= 11 is 0. The molecular weight excluding hydrogens is 358 g/mol. The summed E-state index contributed by atoms with van der Waals surface area (Å²) in [6, 6.07) is 5.02. The van der Waals surface area contributed by atoms with Gasteiger partial charge in [0.15, 0.2) is 11.5 Å². The number of nitrogens with zero attached hydrogens (tertiary/aromatic N) is 1. The van der Waals surface area contributed by atoms with Gasteiger partial charge < -0.3 is 18.6 Å². The van der Waals surface area contributed by atoms with Gasteiger partial charge in [0, 0.05) is 19.7 Å². The van der Waals surface area contributed by atoms with Crippen molar-refractivity contribution in [2.75, 3.05) is 20.8 Å². The normalized spacial score (nSPS) is 12.7. The average molecular weight is 387 g/mol. The van der Waals surface area contributed by atoms with E-state index in [0.717, 1.165) is 12.0 Å². The minimum atomic E-state index is -3.76. The van der Waals surface area contributed by atoms with Crippen molar-refractivity contribution in [1.82, 2.24) is 4.90 Å². The molecule has 0 spiro atoms. The molecule has 26 heavy (non-hydrogen) atoms. The monoisotopic (exact) mass is 387 g/mol. The summed E-state index contributed by atoms with van der Waals surface area (Å²) < 4.78 is 39.6. The highest BCUT2D eigenvalue weighted by molar-refractivity contribution is 7.87. The van der Waals surface area contributed by atoms with E-state index in [1.54, 1.807) is 36.9 Å². The maximum Gasteiger partial charge on any atom is 0.311 e. The lowest BCUT2D eigenvalue weighted by Crippen LogP contribution is -2.39. The molecule has 1 amide bonds. The van der Waals surface area contributed by atoms with Crippen LogP contribution in [0.4, 0.5) is 0 Å². The standard InChI is InChI=1S/C18H29NO6S/c1-7-14(4)19(18(20)12-23-5)11-15-8-9-16(24-6)17(10-15)25-26(21,22)13(2)3/h8-10,13-14H,7,11-12H2,1-6H3/t14-/m0/s1. The van der Waals surface area contributed by atoms with Gasteiger partial charge in [-0.3, -0.25) is 4.79 Å². The first-order chi connectivity index (χ1) is 12.2. The lowest BCUT2D eigenvalue weighted by Gasteiger charge is -2.28. The highest BCUT2D eigenvalue weighted by atomic mass is 32.2. The second-order valence-corrected chi connectivity index (χ2v) is 8.42. The van der Waals surface area contributed by atoms with Crippen molar-refractivity contribution in [3.63, 3.8) is 0 Å². The molecule has 0 saturated carbocycles. The van der Waals surface area contributed by atoms with Crippen molar-refractivity contribution in [3.8, 4) is 11.5 Å². The molecule has 148 valence electrons. The number of methoxy groups -OCH3 is 2. The largest absolute Gasteiger partial charge is 0.493 e. The zero-order valence-electron chi connectivity index (χ0n) is 16.3. The van der Waals surface area contributed by atoms with Gasteiger partial charge in [-0.2, -0.15) is 8.42 Å². The van der Waals surface area contributed by atoms with E-state index in [9.17, 15) is 13.2 Å². The Labute approximate surface area is 156 Å². The molecule has 1 aromatic carbocycles. The van der Waals surface area contributed by atoms with Gasteiger partial charge in [-0.15, -0.1) is 0 Å². The van der Waals surface area contributed by atoms with Crippen LogP contribution in [0.15, 0.2) is 18.2 Å². The number of hydrogen-bond acceptors (Lipinski definition) is 6. The topological polar surface area (TPSA) is 82.1 Å². The number of rotatable bonds is 10. The first kappa shape index (κ1) is 22.2. The molecule has 0 aromatic heterocycles. The molecule has 0 bridgehead atoms. The van der Waals surface area contributed by atoms with Crippen LogP contribution in [-0.4, -0.2) is 51.3 Å². The molecule has 1 atom stereocenters. The number of carbonyl (C=O) groups excluding carboxylic acids is 1. The number of benzene rings is 1. The molecule has 1 aromatic rings. The molecule has 0 heterocycles. The quantitative estimate of drug-likeness (QED) is 0.574. The summed E-state index contributed by atoms with van der Waals surface area (Å²) in [6.45, 7) is 7.34. The average Bonchev–Trinajstić information content (AvgIpc) is 2.58. The molecule has 0 aliphatic carbocycles. The van der Waals surface area contributed by atoms with Crippen LogP contribution in [0.1, 0.15) is 39.7 Å². The van der Waals surface area contributed by atoms with Gasteiger partial charge in [0.05, 0.1) is 12.4 Å². The molecule has 8 heteroatoms. The van der Waals surface area contributed by atoms with Crippen molar-refractivity contribution in [2.45, 2.75) is 52.0 Å². The predicted molar refractivity (Wildman–Crippen MR) is 99.9 cm³/mol. The van der Waals surface area contributed by atoms with Gasteiger partial charge in [0.25, 0.3) is 0 Å². The van der Waals surface area contributed by atoms with Crippen LogP contribution in [-0.2, 0) is 26.2 Å². The van der Waals surface area contributed by atoms with E-state index >= 15 is 0 Å². The number of amides is 1. The second kappa shape index (κ2) is 9.78. The molecule has 1 rings (SSSR count). The van der Waals surface area contributed by atoms with Gasteiger partial charge in [0.1, 0.15) is 6.61 Å². The van der Waals surface area contributed by atoms with E-state index in [4.69, 9.17) is 13.7 Å². The first-order valence-electron chi connectivity index (χ1n) is 8.54. The minimum absolute atomic E-state index is 0.00835. The molecule has 0 saturated heterocycles. The Morgan fingerprint density at radius 1 is 1.15 bits per heavy atom. The fourth-order valence-electron chi connectivity index (χ4n) is 2.22. The minimum Gasteiger partial charge on any atom is -0.493 e. The lowest BCUT2D eigenvalue weighted by atomic mass is 10.1. The Morgan fingerprint density at radius 3 is 2.31 bits per heavy atom. The maximum atomic E-state index is 12.3. The Hall–Kier alpha value is -1.80. The van der Waals surface area contributed by atoms with Crippen molar-refractivity contribution in [2.24, 2.45) is 0 Å². The molecule has 0 aliphatic rings. The fourth-order valence-corrected chi connectivity index (χ4v) is 2.79. The molecule has 0 fully saturated rings. The molecular formula is C18H29NO6S. The van der Waals surface area contributed by atoms with Crippen molar-refractivity contribution >= 4 is 16.0 Å². The van der Waals surface area contributed by atoms with Gasteiger partial charge >= 0.3 is 10.1 Å². The van der Waals surface area contributed by atoms with Crippen LogP contribution in [0.5, 0.6) is 11.5 Å². The Bertz CT molecular complexity index is 702. The second-order valence-electron chi connectivity index (χ2n) is 6.32. The number of hydrogen-bond donors (Lipinski definition) is 0. The lowest BCUT2D eigenvalue weighted by molar-refractivity contribution is -0.138. The number of ether oxygens (including phenoxy) is 2. The molecule has 0 aliphatic heterocycles. The first-order valence-corrected chi connectivity index (χ1v) is 10.0.